The molecule has 128 valence electrons. The Balaban J connectivity index is 1.85. The van der Waals surface area contributed by atoms with Crippen LogP contribution >= 0.6 is 24.0 Å². The van der Waals surface area contributed by atoms with Crippen LogP contribution in [0.4, 0.5) is 0 Å². The van der Waals surface area contributed by atoms with Crippen LogP contribution in [0, 0.1) is 6.92 Å². The van der Waals surface area contributed by atoms with Crippen molar-refractivity contribution in [1.82, 2.24) is 9.47 Å². The summed E-state index contributed by atoms with van der Waals surface area (Å²) in [5, 5.41) is 22.0. The minimum Gasteiger partial charge on any atom is -0.376 e. The molecular weight excluding hydrogens is 352 g/mol. The maximum absolute atomic E-state index is 10.3. The van der Waals surface area contributed by atoms with E-state index in [4.69, 9.17) is 12.2 Å². The van der Waals surface area contributed by atoms with Gasteiger partial charge in [-0.1, -0.05) is 48.2 Å². The number of hydrogen-bond acceptors (Lipinski definition) is 4. The molecule has 1 unspecified atom stereocenters. The van der Waals surface area contributed by atoms with Crippen LogP contribution < -0.4 is 0 Å². The maximum Gasteiger partial charge on any atom is 0.162 e. The van der Waals surface area contributed by atoms with Crippen molar-refractivity contribution in [3.05, 3.63) is 52.4 Å². The van der Waals surface area contributed by atoms with Gasteiger partial charge in [0.15, 0.2) is 6.23 Å². The normalized spacial score (nSPS) is 19.7. The molecule has 1 atom stereocenters. The van der Waals surface area contributed by atoms with Crippen LogP contribution in [0.3, 0.4) is 0 Å². The minimum atomic E-state index is -0.882. The van der Waals surface area contributed by atoms with Crippen LogP contribution in [0.5, 0.6) is 0 Å². The number of thiocarbonyl (C=S) groups is 1. The molecule has 2 heterocycles. The number of para-hydroxylation sites is 1. The molecule has 1 aromatic heterocycles. The van der Waals surface area contributed by atoms with Gasteiger partial charge in [-0.3, -0.25) is 0 Å². The van der Waals surface area contributed by atoms with E-state index in [2.05, 4.69) is 48.9 Å². The molecule has 0 saturated carbocycles. The number of aliphatic hydroxyl groups is 2. The van der Waals surface area contributed by atoms with Gasteiger partial charge in [0.1, 0.15) is 11.1 Å². The summed E-state index contributed by atoms with van der Waals surface area (Å²) < 4.78 is 2.71. The molecule has 4 nitrogen and oxygen atoms in total. The van der Waals surface area contributed by atoms with E-state index < -0.39 is 6.23 Å². The second kappa shape index (κ2) is 6.14. The Hall–Kier alpha value is -1.86. The number of fused-ring (bicyclic) bond motifs is 3. The lowest BCUT2D eigenvalue weighted by Gasteiger charge is -2.17. The van der Waals surface area contributed by atoms with Gasteiger partial charge in [0.05, 0.1) is 5.52 Å². The summed E-state index contributed by atoms with van der Waals surface area (Å²) in [4.78, 5) is 2.13. The molecule has 1 aliphatic rings. The van der Waals surface area contributed by atoms with Gasteiger partial charge in [-0.25, -0.2) is 0 Å². The number of benzene rings is 2. The Labute approximate surface area is 155 Å². The zero-order chi connectivity index (χ0) is 17.7. The van der Waals surface area contributed by atoms with Crippen molar-refractivity contribution in [3.8, 4) is 0 Å². The molecule has 0 radical (unpaired) electrons. The number of hydrogen-bond donors (Lipinski definition) is 2. The van der Waals surface area contributed by atoms with Crippen molar-refractivity contribution in [2.24, 2.45) is 7.05 Å². The molecule has 6 heteroatoms. The highest BCUT2D eigenvalue weighted by atomic mass is 32.2. The van der Waals surface area contributed by atoms with Crippen LogP contribution in [0.2, 0.25) is 0 Å². The molecule has 1 aliphatic heterocycles. The first-order valence-corrected chi connectivity index (χ1v) is 9.20. The van der Waals surface area contributed by atoms with Crippen LogP contribution in [-0.2, 0) is 7.05 Å². The molecule has 2 aromatic carbocycles. The van der Waals surface area contributed by atoms with E-state index in [1.807, 2.05) is 12.1 Å². The predicted octanol–water partition coefficient (Wildman–Crippen LogP) is 3.58. The Morgan fingerprint density at radius 3 is 2.76 bits per heavy atom. The number of nitrogens with zero attached hydrogens (tertiary/aromatic N) is 2. The second-order valence-electron chi connectivity index (χ2n) is 6.21. The van der Waals surface area contributed by atoms with Crippen molar-refractivity contribution < 1.29 is 10.2 Å². The van der Waals surface area contributed by atoms with Crippen molar-refractivity contribution >= 4 is 56.2 Å². The molecule has 1 fully saturated rings. The van der Waals surface area contributed by atoms with Gasteiger partial charge in [-0.15, -0.1) is 0 Å². The summed E-state index contributed by atoms with van der Waals surface area (Å²) in [5.74, 6) is 0. The fraction of sp³-hybridized carbons (Fsp3) is 0.211. The summed E-state index contributed by atoms with van der Waals surface area (Å²) in [7, 11) is 2.09. The standard InChI is InChI=1S/C19H18N2O2S2/c1-11-4-3-5-13-14-8-12(6-7-15(14)20(2)17(11)13)9-16-18(23)21(10-22)19(24)25-16/h3-9,18,22-23H,10H2,1-2H3/b16-9-. The lowest BCUT2D eigenvalue weighted by Crippen LogP contribution is -2.32. The van der Waals surface area contributed by atoms with E-state index in [0.29, 0.717) is 4.32 Å². The SMILES string of the molecule is Cc1cccc2c3cc(/C=C4\SC(=S)N(CO)C4O)ccc3n(C)c12. The molecular formula is C19H18N2O2S2. The first kappa shape index (κ1) is 16.6. The quantitative estimate of drug-likeness (QED) is 0.675. The van der Waals surface area contributed by atoms with Gasteiger partial charge in [0.2, 0.25) is 0 Å². The zero-order valence-electron chi connectivity index (χ0n) is 13.9. The number of aliphatic hydroxyl groups excluding tert-OH is 2. The van der Waals surface area contributed by atoms with Crippen LogP contribution in [-0.4, -0.2) is 37.0 Å². The van der Waals surface area contributed by atoms with Crippen molar-refractivity contribution in [1.29, 1.82) is 0 Å². The summed E-state index contributed by atoms with van der Waals surface area (Å²) >= 11 is 6.51. The van der Waals surface area contributed by atoms with E-state index in [-0.39, 0.29) is 6.73 Å². The van der Waals surface area contributed by atoms with E-state index in [1.54, 1.807) is 0 Å². The van der Waals surface area contributed by atoms with Crippen molar-refractivity contribution in [2.45, 2.75) is 13.2 Å². The Kier molecular flexibility index (Phi) is 4.08. The summed E-state index contributed by atoms with van der Waals surface area (Å²) in [6.45, 7) is 1.84. The van der Waals surface area contributed by atoms with E-state index in [1.165, 1.54) is 44.0 Å². The molecule has 1 saturated heterocycles. The number of rotatable bonds is 2. The first-order chi connectivity index (χ1) is 12.0. The third-order valence-electron chi connectivity index (χ3n) is 4.70. The molecule has 3 aromatic rings. The largest absolute Gasteiger partial charge is 0.376 e. The summed E-state index contributed by atoms with van der Waals surface area (Å²) in [5.41, 5.74) is 4.68. The molecule has 2 N–H and O–H groups in total. The predicted molar refractivity (Wildman–Crippen MR) is 108 cm³/mol. The average molecular weight is 370 g/mol. The monoisotopic (exact) mass is 370 g/mol. The maximum atomic E-state index is 10.3. The topological polar surface area (TPSA) is 48.6 Å². The molecule has 0 amide bonds. The third kappa shape index (κ3) is 2.57. The van der Waals surface area contributed by atoms with Crippen LogP contribution in [0.25, 0.3) is 27.9 Å². The summed E-state index contributed by atoms with van der Waals surface area (Å²) in [6, 6.07) is 12.6. The van der Waals surface area contributed by atoms with Gasteiger partial charge in [-0.2, -0.15) is 0 Å². The Morgan fingerprint density at radius 2 is 2.04 bits per heavy atom. The van der Waals surface area contributed by atoms with Gasteiger partial charge in [0, 0.05) is 28.2 Å². The Morgan fingerprint density at radius 1 is 1.24 bits per heavy atom. The second-order valence-corrected chi connectivity index (χ2v) is 7.91. The first-order valence-electron chi connectivity index (χ1n) is 7.98. The summed E-state index contributed by atoms with van der Waals surface area (Å²) in [6.07, 6.45) is 1.05. The number of aryl methyl sites for hydroxylation is 2. The van der Waals surface area contributed by atoms with Gasteiger partial charge in [-0.05, 0) is 36.3 Å². The van der Waals surface area contributed by atoms with Gasteiger partial charge >= 0.3 is 0 Å². The molecule has 0 aliphatic carbocycles. The van der Waals surface area contributed by atoms with E-state index in [0.717, 1.165) is 10.5 Å². The van der Waals surface area contributed by atoms with Crippen LogP contribution in [0.1, 0.15) is 11.1 Å². The zero-order valence-corrected chi connectivity index (χ0v) is 15.6. The average Bonchev–Trinajstić information content (AvgIpc) is 3.03. The minimum absolute atomic E-state index is 0.286. The smallest absolute Gasteiger partial charge is 0.162 e. The van der Waals surface area contributed by atoms with E-state index >= 15 is 0 Å². The lowest BCUT2D eigenvalue weighted by atomic mass is 10.1. The highest BCUT2D eigenvalue weighted by Gasteiger charge is 2.31. The van der Waals surface area contributed by atoms with Crippen LogP contribution in [0.15, 0.2) is 41.3 Å². The number of thioether (sulfide) groups is 1. The van der Waals surface area contributed by atoms with Crippen molar-refractivity contribution in [3.63, 3.8) is 0 Å². The molecule has 0 bridgehead atoms. The fourth-order valence-electron chi connectivity index (χ4n) is 3.46. The van der Waals surface area contributed by atoms with Crippen molar-refractivity contribution in [2.75, 3.05) is 6.73 Å². The molecule has 25 heavy (non-hydrogen) atoms. The fourth-order valence-corrected chi connectivity index (χ4v) is 4.81. The number of aromatic nitrogens is 1. The lowest BCUT2D eigenvalue weighted by molar-refractivity contribution is 0.0417. The molecule has 4 rings (SSSR count). The Bertz CT molecular complexity index is 1040. The highest BCUT2D eigenvalue weighted by molar-refractivity contribution is 8.25. The molecule has 0 spiro atoms. The van der Waals surface area contributed by atoms with Gasteiger partial charge < -0.3 is 19.7 Å². The highest BCUT2D eigenvalue weighted by Crippen LogP contribution is 2.36. The van der Waals surface area contributed by atoms with E-state index in [9.17, 15) is 10.2 Å². The third-order valence-corrected chi connectivity index (χ3v) is 6.15. The van der Waals surface area contributed by atoms with Gasteiger partial charge in [0.25, 0.3) is 0 Å².